The summed E-state index contributed by atoms with van der Waals surface area (Å²) in [6.45, 7) is 8.28. The van der Waals surface area contributed by atoms with Gasteiger partial charge in [0.2, 0.25) is 0 Å². The predicted octanol–water partition coefficient (Wildman–Crippen LogP) is 5.21. The van der Waals surface area contributed by atoms with Crippen molar-refractivity contribution < 1.29 is 4.79 Å². The molecule has 0 heterocycles. The second-order valence-corrected chi connectivity index (χ2v) is 7.16. The SMILES string of the molecule is CC1CCC(c2ccc(C(=O)C(C)(C)C)cc2)CC1. The van der Waals surface area contributed by atoms with Crippen LogP contribution in [-0.4, -0.2) is 5.78 Å². The lowest BCUT2D eigenvalue weighted by Crippen LogP contribution is -2.20. The summed E-state index contributed by atoms with van der Waals surface area (Å²) in [5.74, 6) is 1.82. The van der Waals surface area contributed by atoms with Gasteiger partial charge in [-0.25, -0.2) is 0 Å². The van der Waals surface area contributed by atoms with Gasteiger partial charge in [0.1, 0.15) is 0 Å². The van der Waals surface area contributed by atoms with Crippen LogP contribution in [0.15, 0.2) is 24.3 Å². The molecule has 0 atom stereocenters. The molecule has 0 aromatic heterocycles. The van der Waals surface area contributed by atoms with Crippen LogP contribution in [0.2, 0.25) is 0 Å². The molecular weight excluding hydrogens is 232 g/mol. The Kier molecular flexibility index (Phi) is 4.13. The molecule has 1 fully saturated rings. The standard InChI is InChI=1S/C18H26O/c1-13-5-7-14(8-6-13)15-9-11-16(12-10-15)17(19)18(2,3)4/h9-14H,5-8H2,1-4H3. The number of carbonyl (C=O) groups excluding carboxylic acids is 1. The van der Waals surface area contributed by atoms with E-state index in [0.29, 0.717) is 5.92 Å². The van der Waals surface area contributed by atoms with E-state index < -0.39 is 0 Å². The third kappa shape index (κ3) is 3.46. The van der Waals surface area contributed by atoms with Crippen LogP contribution in [0.3, 0.4) is 0 Å². The van der Waals surface area contributed by atoms with Crippen molar-refractivity contribution in [3.8, 4) is 0 Å². The van der Waals surface area contributed by atoms with Gasteiger partial charge in [0.25, 0.3) is 0 Å². The minimum absolute atomic E-state index is 0.233. The Labute approximate surface area is 117 Å². The zero-order valence-electron chi connectivity index (χ0n) is 12.7. The maximum atomic E-state index is 12.2. The second-order valence-electron chi connectivity index (χ2n) is 7.16. The molecule has 0 amide bonds. The molecule has 19 heavy (non-hydrogen) atoms. The van der Waals surface area contributed by atoms with E-state index in [0.717, 1.165) is 11.5 Å². The lowest BCUT2D eigenvalue weighted by molar-refractivity contribution is 0.0858. The summed E-state index contributed by atoms with van der Waals surface area (Å²) < 4.78 is 0. The van der Waals surface area contributed by atoms with E-state index in [9.17, 15) is 4.79 Å². The number of carbonyl (C=O) groups is 1. The smallest absolute Gasteiger partial charge is 0.168 e. The predicted molar refractivity (Wildman–Crippen MR) is 80.6 cm³/mol. The van der Waals surface area contributed by atoms with Crippen molar-refractivity contribution in [1.82, 2.24) is 0 Å². The van der Waals surface area contributed by atoms with Crippen molar-refractivity contribution in [2.45, 2.75) is 59.3 Å². The Morgan fingerprint density at radius 2 is 1.53 bits per heavy atom. The maximum absolute atomic E-state index is 12.2. The normalized spacial score (nSPS) is 24.2. The molecule has 0 unspecified atom stereocenters. The fraction of sp³-hybridized carbons (Fsp3) is 0.611. The third-order valence-electron chi connectivity index (χ3n) is 4.34. The Balaban J connectivity index is 2.09. The van der Waals surface area contributed by atoms with Crippen LogP contribution in [0.5, 0.6) is 0 Å². The summed E-state index contributed by atoms with van der Waals surface area (Å²) >= 11 is 0. The van der Waals surface area contributed by atoms with Gasteiger partial charge in [-0.05, 0) is 30.2 Å². The van der Waals surface area contributed by atoms with Gasteiger partial charge in [0.05, 0.1) is 0 Å². The molecule has 0 N–H and O–H groups in total. The molecule has 0 radical (unpaired) electrons. The van der Waals surface area contributed by atoms with Gasteiger partial charge in [-0.2, -0.15) is 0 Å². The number of hydrogen-bond acceptors (Lipinski definition) is 1. The Morgan fingerprint density at radius 1 is 1.00 bits per heavy atom. The monoisotopic (exact) mass is 258 g/mol. The van der Waals surface area contributed by atoms with Crippen molar-refractivity contribution >= 4 is 5.78 Å². The summed E-state index contributed by atoms with van der Waals surface area (Å²) in [7, 11) is 0. The van der Waals surface area contributed by atoms with E-state index in [-0.39, 0.29) is 11.2 Å². The molecule has 1 aromatic carbocycles. The maximum Gasteiger partial charge on any atom is 0.168 e. The molecule has 0 spiro atoms. The molecule has 1 nitrogen and oxygen atoms in total. The molecule has 104 valence electrons. The fourth-order valence-corrected chi connectivity index (χ4v) is 2.93. The van der Waals surface area contributed by atoms with Crippen LogP contribution in [0.1, 0.15) is 75.2 Å². The summed E-state index contributed by atoms with van der Waals surface area (Å²) in [6.07, 6.45) is 5.28. The molecule has 1 saturated carbocycles. The third-order valence-corrected chi connectivity index (χ3v) is 4.34. The second kappa shape index (κ2) is 5.48. The molecule has 2 rings (SSSR count). The molecule has 1 heteroatoms. The summed E-state index contributed by atoms with van der Waals surface area (Å²) in [4.78, 5) is 12.2. The summed E-state index contributed by atoms with van der Waals surface area (Å²) in [6, 6.07) is 8.36. The zero-order valence-corrected chi connectivity index (χ0v) is 12.7. The number of benzene rings is 1. The minimum atomic E-state index is -0.290. The van der Waals surface area contributed by atoms with E-state index in [1.807, 2.05) is 32.9 Å². The highest BCUT2D eigenvalue weighted by Crippen LogP contribution is 2.35. The average molecular weight is 258 g/mol. The Hall–Kier alpha value is -1.11. The van der Waals surface area contributed by atoms with E-state index in [2.05, 4.69) is 19.1 Å². The van der Waals surface area contributed by atoms with E-state index in [4.69, 9.17) is 0 Å². The van der Waals surface area contributed by atoms with Crippen molar-refractivity contribution in [1.29, 1.82) is 0 Å². The van der Waals surface area contributed by atoms with Crippen LogP contribution in [-0.2, 0) is 0 Å². The number of ketones is 1. The Morgan fingerprint density at radius 3 is 2.00 bits per heavy atom. The zero-order chi connectivity index (χ0) is 14.0. The van der Waals surface area contributed by atoms with Crippen LogP contribution in [0.4, 0.5) is 0 Å². The van der Waals surface area contributed by atoms with Gasteiger partial charge in [-0.1, -0.05) is 64.8 Å². The highest BCUT2D eigenvalue weighted by atomic mass is 16.1. The lowest BCUT2D eigenvalue weighted by Gasteiger charge is -2.26. The van der Waals surface area contributed by atoms with Gasteiger partial charge < -0.3 is 0 Å². The first-order chi connectivity index (χ1) is 8.88. The quantitative estimate of drug-likeness (QED) is 0.665. The molecule has 1 aliphatic carbocycles. The number of hydrogen-bond donors (Lipinski definition) is 0. The van der Waals surface area contributed by atoms with Gasteiger partial charge in [0.15, 0.2) is 5.78 Å². The summed E-state index contributed by atoms with van der Waals surface area (Å²) in [5.41, 5.74) is 1.97. The molecule has 1 aromatic rings. The van der Waals surface area contributed by atoms with Gasteiger partial charge in [-0.15, -0.1) is 0 Å². The van der Waals surface area contributed by atoms with Crippen LogP contribution < -0.4 is 0 Å². The first-order valence-corrected chi connectivity index (χ1v) is 7.52. The molecule has 1 aliphatic rings. The van der Waals surface area contributed by atoms with Crippen molar-refractivity contribution in [2.75, 3.05) is 0 Å². The van der Waals surface area contributed by atoms with E-state index >= 15 is 0 Å². The summed E-state index contributed by atoms with van der Waals surface area (Å²) in [5, 5.41) is 0. The molecule has 0 bridgehead atoms. The van der Waals surface area contributed by atoms with Crippen LogP contribution in [0, 0.1) is 11.3 Å². The first kappa shape index (κ1) is 14.3. The van der Waals surface area contributed by atoms with Crippen LogP contribution in [0.25, 0.3) is 0 Å². The topological polar surface area (TPSA) is 17.1 Å². The largest absolute Gasteiger partial charge is 0.294 e. The highest BCUT2D eigenvalue weighted by molar-refractivity contribution is 5.99. The van der Waals surface area contributed by atoms with Gasteiger partial charge in [-0.3, -0.25) is 4.79 Å². The number of rotatable bonds is 2. The first-order valence-electron chi connectivity index (χ1n) is 7.52. The fourth-order valence-electron chi connectivity index (χ4n) is 2.93. The van der Waals surface area contributed by atoms with Gasteiger partial charge in [0, 0.05) is 11.0 Å². The van der Waals surface area contributed by atoms with E-state index in [1.165, 1.54) is 31.2 Å². The van der Waals surface area contributed by atoms with Crippen LogP contribution >= 0.6 is 0 Å². The van der Waals surface area contributed by atoms with E-state index in [1.54, 1.807) is 0 Å². The molecule has 0 aliphatic heterocycles. The number of Topliss-reactive ketones (excluding diaryl/α,β-unsaturated/α-hetero) is 1. The van der Waals surface area contributed by atoms with Crippen molar-refractivity contribution in [3.05, 3.63) is 35.4 Å². The van der Waals surface area contributed by atoms with Gasteiger partial charge >= 0.3 is 0 Å². The molecular formula is C18H26O. The minimum Gasteiger partial charge on any atom is -0.294 e. The average Bonchev–Trinajstić information content (AvgIpc) is 2.38. The van der Waals surface area contributed by atoms with Crippen molar-refractivity contribution in [2.24, 2.45) is 11.3 Å². The Bertz CT molecular complexity index is 428. The highest BCUT2D eigenvalue weighted by Gasteiger charge is 2.24. The molecule has 0 saturated heterocycles. The van der Waals surface area contributed by atoms with Crippen molar-refractivity contribution in [3.63, 3.8) is 0 Å². The lowest BCUT2D eigenvalue weighted by atomic mass is 9.79.